The molecule has 1 rings (SSSR count). The average Bonchev–Trinajstić information content (AvgIpc) is 2.03. The minimum Gasteiger partial charge on any atom is -0.384 e. The molecule has 72 valence electrons. The maximum Gasteiger partial charge on any atom is 0.0396 e. The van der Waals surface area contributed by atoms with E-state index in [-0.39, 0.29) is 0 Å². The fourth-order valence-electron chi connectivity index (χ4n) is 1.27. The van der Waals surface area contributed by atoms with Gasteiger partial charge in [0.15, 0.2) is 0 Å². The molecular weight excluding hydrogens is 162 g/mol. The second-order valence-corrected chi connectivity index (χ2v) is 3.17. The summed E-state index contributed by atoms with van der Waals surface area (Å²) in [4.78, 5) is 4.31. The summed E-state index contributed by atoms with van der Waals surface area (Å²) in [6, 6.07) is 4.12. The summed E-state index contributed by atoms with van der Waals surface area (Å²) in [5, 5.41) is 6.41. The molecule has 0 atom stereocenters. The summed E-state index contributed by atoms with van der Waals surface area (Å²) in [5.74, 6) is 0. The first-order valence-corrected chi connectivity index (χ1v) is 4.56. The van der Waals surface area contributed by atoms with Crippen LogP contribution in [-0.2, 0) is 0 Å². The number of nitrogens with one attached hydrogen (secondary N) is 2. The van der Waals surface area contributed by atoms with Crippen molar-refractivity contribution in [2.24, 2.45) is 0 Å². The predicted octanol–water partition coefficient (Wildman–Crippen LogP) is 1.33. The van der Waals surface area contributed by atoms with Crippen LogP contribution in [0.3, 0.4) is 0 Å². The van der Waals surface area contributed by atoms with Crippen molar-refractivity contribution in [1.29, 1.82) is 0 Å². The van der Waals surface area contributed by atoms with Crippen molar-refractivity contribution in [1.82, 2.24) is 10.3 Å². The van der Waals surface area contributed by atoms with Crippen molar-refractivity contribution in [3.8, 4) is 0 Å². The van der Waals surface area contributed by atoms with Gasteiger partial charge in [-0.1, -0.05) is 0 Å². The Morgan fingerprint density at radius 3 is 2.31 bits per heavy atom. The SMILES string of the molecule is CNCCNc1cc(C)nc(C)c1. The van der Waals surface area contributed by atoms with E-state index < -0.39 is 0 Å². The van der Waals surface area contributed by atoms with Gasteiger partial charge in [0.1, 0.15) is 0 Å². The molecule has 1 aromatic rings. The number of rotatable bonds is 4. The number of likely N-dealkylation sites (N-methyl/N-ethyl adjacent to an activating group) is 1. The first-order chi connectivity index (χ1) is 6.22. The summed E-state index contributed by atoms with van der Waals surface area (Å²) >= 11 is 0. The molecule has 0 fully saturated rings. The van der Waals surface area contributed by atoms with Crippen LogP contribution in [0.25, 0.3) is 0 Å². The number of nitrogens with zero attached hydrogens (tertiary/aromatic N) is 1. The first kappa shape index (κ1) is 9.99. The van der Waals surface area contributed by atoms with Crippen molar-refractivity contribution < 1.29 is 0 Å². The van der Waals surface area contributed by atoms with E-state index in [4.69, 9.17) is 0 Å². The van der Waals surface area contributed by atoms with Crippen LogP contribution in [0.1, 0.15) is 11.4 Å². The smallest absolute Gasteiger partial charge is 0.0396 e. The number of aryl methyl sites for hydroxylation is 2. The molecule has 0 radical (unpaired) electrons. The fraction of sp³-hybridized carbons (Fsp3) is 0.500. The third-order valence-corrected chi connectivity index (χ3v) is 1.79. The molecule has 0 spiro atoms. The van der Waals surface area contributed by atoms with E-state index in [1.165, 1.54) is 0 Å². The Morgan fingerprint density at radius 2 is 1.77 bits per heavy atom. The van der Waals surface area contributed by atoms with E-state index in [1.807, 2.05) is 20.9 Å². The summed E-state index contributed by atoms with van der Waals surface area (Å²) < 4.78 is 0. The normalized spacial score (nSPS) is 10.1. The van der Waals surface area contributed by atoms with Crippen molar-refractivity contribution in [2.45, 2.75) is 13.8 Å². The van der Waals surface area contributed by atoms with E-state index in [0.29, 0.717) is 0 Å². The van der Waals surface area contributed by atoms with Gasteiger partial charge in [-0.2, -0.15) is 0 Å². The van der Waals surface area contributed by atoms with Crippen LogP contribution in [0.15, 0.2) is 12.1 Å². The Bertz CT molecular complexity index is 251. The van der Waals surface area contributed by atoms with E-state index in [2.05, 4.69) is 27.8 Å². The topological polar surface area (TPSA) is 37.0 Å². The number of pyridine rings is 1. The van der Waals surface area contributed by atoms with Gasteiger partial charge in [-0.3, -0.25) is 4.98 Å². The van der Waals surface area contributed by atoms with Crippen molar-refractivity contribution in [3.63, 3.8) is 0 Å². The Hall–Kier alpha value is -1.09. The molecule has 0 aliphatic heterocycles. The Kier molecular flexibility index (Phi) is 3.71. The van der Waals surface area contributed by atoms with Gasteiger partial charge >= 0.3 is 0 Å². The zero-order chi connectivity index (χ0) is 9.68. The van der Waals surface area contributed by atoms with Crippen LogP contribution in [-0.4, -0.2) is 25.1 Å². The maximum atomic E-state index is 4.31. The van der Waals surface area contributed by atoms with Crippen LogP contribution in [0, 0.1) is 13.8 Å². The van der Waals surface area contributed by atoms with Gasteiger partial charge in [0.25, 0.3) is 0 Å². The van der Waals surface area contributed by atoms with Crippen molar-refractivity contribution in [2.75, 3.05) is 25.5 Å². The highest BCUT2D eigenvalue weighted by molar-refractivity contribution is 5.44. The van der Waals surface area contributed by atoms with E-state index in [1.54, 1.807) is 0 Å². The third kappa shape index (κ3) is 3.42. The molecule has 0 amide bonds. The lowest BCUT2D eigenvalue weighted by molar-refractivity contribution is 0.823. The van der Waals surface area contributed by atoms with Crippen LogP contribution in [0.2, 0.25) is 0 Å². The Labute approximate surface area is 79.6 Å². The highest BCUT2D eigenvalue weighted by Crippen LogP contribution is 2.09. The van der Waals surface area contributed by atoms with Gasteiger partial charge < -0.3 is 10.6 Å². The zero-order valence-electron chi connectivity index (χ0n) is 8.52. The molecule has 0 saturated heterocycles. The number of aromatic nitrogens is 1. The number of hydrogen-bond donors (Lipinski definition) is 2. The molecule has 3 nitrogen and oxygen atoms in total. The van der Waals surface area contributed by atoms with Crippen molar-refractivity contribution in [3.05, 3.63) is 23.5 Å². The minimum absolute atomic E-state index is 0.944. The molecule has 0 saturated carbocycles. The molecule has 0 aliphatic rings. The zero-order valence-corrected chi connectivity index (χ0v) is 8.52. The summed E-state index contributed by atoms with van der Waals surface area (Å²) in [6.07, 6.45) is 0. The summed E-state index contributed by atoms with van der Waals surface area (Å²) in [7, 11) is 1.95. The summed E-state index contributed by atoms with van der Waals surface area (Å²) in [5.41, 5.74) is 3.28. The maximum absolute atomic E-state index is 4.31. The molecule has 2 N–H and O–H groups in total. The lowest BCUT2D eigenvalue weighted by Crippen LogP contribution is -2.17. The lowest BCUT2D eigenvalue weighted by Gasteiger charge is -2.07. The molecule has 1 heterocycles. The van der Waals surface area contributed by atoms with Gasteiger partial charge in [-0.25, -0.2) is 0 Å². The molecule has 0 unspecified atom stereocenters. The lowest BCUT2D eigenvalue weighted by atomic mass is 10.3. The average molecular weight is 179 g/mol. The predicted molar refractivity (Wildman–Crippen MR) is 56.1 cm³/mol. The van der Waals surface area contributed by atoms with Gasteiger partial charge in [0, 0.05) is 30.2 Å². The number of anilines is 1. The van der Waals surface area contributed by atoms with Gasteiger partial charge in [0.2, 0.25) is 0 Å². The highest BCUT2D eigenvalue weighted by atomic mass is 14.9. The molecule has 3 heteroatoms. The fourth-order valence-corrected chi connectivity index (χ4v) is 1.27. The van der Waals surface area contributed by atoms with Crippen LogP contribution in [0.5, 0.6) is 0 Å². The van der Waals surface area contributed by atoms with E-state index >= 15 is 0 Å². The monoisotopic (exact) mass is 179 g/mol. The van der Waals surface area contributed by atoms with E-state index in [9.17, 15) is 0 Å². The second-order valence-electron chi connectivity index (χ2n) is 3.17. The van der Waals surface area contributed by atoms with Crippen LogP contribution in [0.4, 0.5) is 5.69 Å². The largest absolute Gasteiger partial charge is 0.384 e. The molecule has 13 heavy (non-hydrogen) atoms. The van der Waals surface area contributed by atoms with Crippen molar-refractivity contribution >= 4 is 5.69 Å². The minimum atomic E-state index is 0.944. The van der Waals surface area contributed by atoms with Crippen LogP contribution < -0.4 is 10.6 Å². The standard InChI is InChI=1S/C10H17N3/c1-8-6-10(7-9(2)13-8)12-5-4-11-3/h6-7,11H,4-5H2,1-3H3,(H,12,13). The molecule has 0 aromatic carbocycles. The van der Waals surface area contributed by atoms with E-state index in [0.717, 1.165) is 30.2 Å². The molecule has 0 bridgehead atoms. The molecule has 0 aliphatic carbocycles. The first-order valence-electron chi connectivity index (χ1n) is 4.56. The van der Waals surface area contributed by atoms with Gasteiger partial charge in [0.05, 0.1) is 0 Å². The highest BCUT2D eigenvalue weighted by Gasteiger charge is 1.94. The Morgan fingerprint density at radius 1 is 1.15 bits per heavy atom. The Balaban J connectivity index is 2.56. The third-order valence-electron chi connectivity index (χ3n) is 1.79. The quantitative estimate of drug-likeness (QED) is 0.685. The van der Waals surface area contributed by atoms with Crippen LogP contribution >= 0.6 is 0 Å². The number of hydrogen-bond acceptors (Lipinski definition) is 3. The van der Waals surface area contributed by atoms with Gasteiger partial charge in [-0.15, -0.1) is 0 Å². The molecule has 1 aromatic heterocycles. The van der Waals surface area contributed by atoms with Gasteiger partial charge in [-0.05, 0) is 33.0 Å². The summed E-state index contributed by atoms with van der Waals surface area (Å²) in [6.45, 7) is 5.94. The molecular formula is C10H17N3. The second kappa shape index (κ2) is 4.82.